The number of amides is 2. The van der Waals surface area contributed by atoms with Crippen LogP contribution < -0.4 is 10.6 Å². The molecule has 2 N–H and O–H groups in total. The summed E-state index contributed by atoms with van der Waals surface area (Å²) in [5, 5.41) is 5.36. The van der Waals surface area contributed by atoms with Gasteiger partial charge in [-0.25, -0.2) is 0 Å². The molecular weight excluding hydrogens is 216 g/mol. The fourth-order valence-electron chi connectivity index (χ4n) is 1.68. The smallest absolute Gasteiger partial charge is 0.255 e. The Bertz CT molecular complexity index is 466. The van der Waals surface area contributed by atoms with Gasteiger partial charge in [0.05, 0.1) is 6.42 Å². The van der Waals surface area contributed by atoms with E-state index in [-0.39, 0.29) is 24.3 Å². The van der Waals surface area contributed by atoms with E-state index < -0.39 is 0 Å². The normalized spacial score (nSPS) is 19.2. The molecular formula is C13H14N2O2. The van der Waals surface area contributed by atoms with E-state index in [9.17, 15) is 9.59 Å². The molecule has 0 saturated carbocycles. The second kappa shape index (κ2) is 4.82. The van der Waals surface area contributed by atoms with Crippen LogP contribution in [0.2, 0.25) is 0 Å². The Morgan fingerprint density at radius 2 is 2.00 bits per heavy atom. The summed E-state index contributed by atoms with van der Waals surface area (Å²) in [4.78, 5) is 22.3. The standard InChI is InChI=1S/C13H14N2O2/c1-9(10-5-3-2-4-6-10)14-8-11-7-12(16)15-13(11)17/h2-6,8-9,14H,7H2,1H3,(H,15,16,17)/b11-8-/t9-/m1/s1. The highest BCUT2D eigenvalue weighted by Gasteiger charge is 2.23. The van der Waals surface area contributed by atoms with E-state index in [2.05, 4.69) is 10.6 Å². The second-order valence-corrected chi connectivity index (χ2v) is 4.02. The largest absolute Gasteiger partial charge is 0.384 e. The number of imide groups is 1. The Balaban J connectivity index is 2.01. The van der Waals surface area contributed by atoms with Crippen LogP contribution in [0.3, 0.4) is 0 Å². The molecule has 1 heterocycles. The molecule has 1 saturated heterocycles. The Morgan fingerprint density at radius 1 is 1.29 bits per heavy atom. The number of rotatable bonds is 3. The maximum atomic E-state index is 11.3. The molecule has 0 spiro atoms. The van der Waals surface area contributed by atoms with E-state index in [1.165, 1.54) is 0 Å². The van der Waals surface area contributed by atoms with Crippen molar-refractivity contribution in [3.63, 3.8) is 0 Å². The lowest BCUT2D eigenvalue weighted by Crippen LogP contribution is -2.20. The first kappa shape index (κ1) is 11.4. The topological polar surface area (TPSA) is 58.2 Å². The van der Waals surface area contributed by atoms with E-state index in [1.807, 2.05) is 37.3 Å². The monoisotopic (exact) mass is 230 g/mol. The number of benzene rings is 1. The zero-order chi connectivity index (χ0) is 12.3. The lowest BCUT2D eigenvalue weighted by atomic mass is 10.1. The molecule has 0 aliphatic carbocycles. The van der Waals surface area contributed by atoms with Crippen molar-refractivity contribution < 1.29 is 9.59 Å². The summed E-state index contributed by atoms with van der Waals surface area (Å²) in [5.41, 5.74) is 1.62. The van der Waals surface area contributed by atoms with Gasteiger partial charge in [0.15, 0.2) is 0 Å². The van der Waals surface area contributed by atoms with E-state index >= 15 is 0 Å². The summed E-state index contributed by atoms with van der Waals surface area (Å²) >= 11 is 0. The van der Waals surface area contributed by atoms with Gasteiger partial charge in [0.25, 0.3) is 5.91 Å². The molecule has 1 fully saturated rings. The van der Waals surface area contributed by atoms with Crippen molar-refractivity contribution in [2.75, 3.05) is 0 Å². The third kappa shape index (κ3) is 2.72. The van der Waals surface area contributed by atoms with Gasteiger partial charge in [-0.2, -0.15) is 0 Å². The van der Waals surface area contributed by atoms with E-state index in [0.29, 0.717) is 5.57 Å². The second-order valence-electron chi connectivity index (χ2n) is 4.02. The first-order chi connectivity index (χ1) is 8.16. The predicted molar refractivity (Wildman–Crippen MR) is 63.8 cm³/mol. The van der Waals surface area contributed by atoms with E-state index in [0.717, 1.165) is 5.56 Å². The molecule has 1 aliphatic heterocycles. The van der Waals surface area contributed by atoms with Crippen molar-refractivity contribution in [2.24, 2.45) is 0 Å². The molecule has 88 valence electrons. The van der Waals surface area contributed by atoms with Crippen LogP contribution in [0, 0.1) is 0 Å². The lowest BCUT2D eigenvalue weighted by Gasteiger charge is -2.12. The average Bonchev–Trinajstić information content (AvgIpc) is 2.66. The molecule has 0 bridgehead atoms. The highest BCUT2D eigenvalue weighted by atomic mass is 16.2. The number of hydrogen-bond donors (Lipinski definition) is 2. The highest BCUT2D eigenvalue weighted by molar-refractivity contribution is 6.13. The van der Waals surface area contributed by atoms with Crippen LogP contribution in [0.15, 0.2) is 42.1 Å². The molecule has 1 aliphatic rings. The van der Waals surface area contributed by atoms with Crippen molar-refractivity contribution in [3.8, 4) is 0 Å². The first-order valence-corrected chi connectivity index (χ1v) is 5.51. The number of carbonyl (C=O) groups is 2. The molecule has 1 atom stereocenters. The molecule has 0 aromatic heterocycles. The number of hydrogen-bond acceptors (Lipinski definition) is 3. The van der Waals surface area contributed by atoms with Gasteiger partial charge in [-0.1, -0.05) is 30.3 Å². The van der Waals surface area contributed by atoms with Crippen LogP contribution in [0.1, 0.15) is 24.9 Å². The molecule has 17 heavy (non-hydrogen) atoms. The third-order valence-corrected chi connectivity index (χ3v) is 2.70. The van der Waals surface area contributed by atoms with Gasteiger partial charge in [-0.05, 0) is 12.5 Å². The minimum absolute atomic E-state index is 0.104. The maximum absolute atomic E-state index is 11.3. The Hall–Kier alpha value is -2.10. The Kier molecular flexibility index (Phi) is 3.23. The lowest BCUT2D eigenvalue weighted by molar-refractivity contribution is -0.124. The van der Waals surface area contributed by atoms with Crippen LogP contribution >= 0.6 is 0 Å². The van der Waals surface area contributed by atoms with Crippen LogP contribution in [0.4, 0.5) is 0 Å². The highest BCUT2D eigenvalue weighted by Crippen LogP contribution is 2.13. The predicted octanol–water partition coefficient (Wildman–Crippen LogP) is 1.27. The number of carbonyl (C=O) groups excluding carboxylic acids is 2. The minimum atomic E-state index is -0.303. The first-order valence-electron chi connectivity index (χ1n) is 5.51. The van der Waals surface area contributed by atoms with Crippen molar-refractivity contribution >= 4 is 11.8 Å². The molecule has 0 radical (unpaired) electrons. The zero-order valence-electron chi connectivity index (χ0n) is 9.57. The Labute approximate surface area is 99.7 Å². The van der Waals surface area contributed by atoms with Gasteiger partial charge in [0, 0.05) is 17.8 Å². The van der Waals surface area contributed by atoms with Gasteiger partial charge in [-0.3, -0.25) is 14.9 Å². The summed E-state index contributed by atoms with van der Waals surface area (Å²) in [6.45, 7) is 2.00. The summed E-state index contributed by atoms with van der Waals surface area (Å²) in [6.07, 6.45) is 1.78. The van der Waals surface area contributed by atoms with Crippen molar-refractivity contribution in [2.45, 2.75) is 19.4 Å². The van der Waals surface area contributed by atoms with Gasteiger partial charge < -0.3 is 5.32 Å². The van der Waals surface area contributed by atoms with Crippen molar-refractivity contribution in [3.05, 3.63) is 47.7 Å². The number of nitrogens with one attached hydrogen (secondary N) is 2. The van der Waals surface area contributed by atoms with Crippen LogP contribution in [-0.2, 0) is 9.59 Å². The van der Waals surface area contributed by atoms with Gasteiger partial charge in [-0.15, -0.1) is 0 Å². The average molecular weight is 230 g/mol. The molecule has 1 aromatic carbocycles. The summed E-state index contributed by atoms with van der Waals surface area (Å²) in [6, 6.07) is 10.0. The van der Waals surface area contributed by atoms with Crippen molar-refractivity contribution in [1.82, 2.24) is 10.6 Å². The molecule has 0 unspecified atom stereocenters. The molecule has 1 aromatic rings. The van der Waals surface area contributed by atoms with Crippen LogP contribution in [0.25, 0.3) is 0 Å². The molecule has 2 rings (SSSR count). The van der Waals surface area contributed by atoms with Gasteiger partial charge in [0.2, 0.25) is 5.91 Å². The summed E-state index contributed by atoms with van der Waals surface area (Å²) in [7, 11) is 0. The molecule has 2 amide bonds. The fourth-order valence-corrected chi connectivity index (χ4v) is 1.68. The quantitative estimate of drug-likeness (QED) is 0.607. The SMILES string of the molecule is C[C@@H](N/C=C1/CC(=O)NC1=O)c1ccccc1. The van der Waals surface area contributed by atoms with E-state index in [4.69, 9.17) is 0 Å². The summed E-state index contributed by atoms with van der Waals surface area (Å²) in [5.74, 6) is -0.543. The van der Waals surface area contributed by atoms with E-state index in [1.54, 1.807) is 6.20 Å². The fraction of sp³-hybridized carbons (Fsp3) is 0.231. The van der Waals surface area contributed by atoms with Gasteiger partial charge in [0.1, 0.15) is 0 Å². The minimum Gasteiger partial charge on any atom is -0.384 e. The molecule has 4 heteroatoms. The van der Waals surface area contributed by atoms with Crippen molar-refractivity contribution in [1.29, 1.82) is 0 Å². The zero-order valence-corrected chi connectivity index (χ0v) is 9.57. The maximum Gasteiger partial charge on any atom is 0.255 e. The van der Waals surface area contributed by atoms with Gasteiger partial charge >= 0.3 is 0 Å². The third-order valence-electron chi connectivity index (χ3n) is 2.70. The molecule has 4 nitrogen and oxygen atoms in total. The van der Waals surface area contributed by atoms with Crippen LogP contribution in [-0.4, -0.2) is 11.8 Å². The Morgan fingerprint density at radius 3 is 2.59 bits per heavy atom. The van der Waals surface area contributed by atoms with Crippen LogP contribution in [0.5, 0.6) is 0 Å². The summed E-state index contributed by atoms with van der Waals surface area (Å²) < 4.78 is 0.